The summed E-state index contributed by atoms with van der Waals surface area (Å²) < 4.78 is 7.61. The number of hydrogen-bond acceptors (Lipinski definition) is 10. The van der Waals surface area contributed by atoms with E-state index in [1.54, 1.807) is 41.2 Å². The lowest BCUT2D eigenvalue weighted by Crippen LogP contribution is -2.38. The number of rotatable bonds is 5. The molecule has 2 bridgehead atoms. The smallest absolute Gasteiger partial charge is 0.226 e. The van der Waals surface area contributed by atoms with Crippen LogP contribution in [0, 0.1) is 5.92 Å². The van der Waals surface area contributed by atoms with Crippen molar-refractivity contribution in [2.75, 3.05) is 16.8 Å². The van der Waals surface area contributed by atoms with Gasteiger partial charge in [0.05, 0.1) is 17.3 Å². The van der Waals surface area contributed by atoms with Crippen LogP contribution in [-0.4, -0.2) is 58.3 Å². The highest BCUT2D eigenvalue weighted by Crippen LogP contribution is 2.40. The molecule has 1 aromatic carbocycles. The highest BCUT2D eigenvalue weighted by atomic mass is 35.5. The lowest BCUT2D eigenvalue weighted by Gasteiger charge is -2.29. The molecule has 1 aliphatic heterocycles. The highest BCUT2D eigenvalue weighted by Gasteiger charge is 2.44. The zero-order chi connectivity index (χ0) is 24.2. The first-order valence-electron chi connectivity index (χ1n) is 11.6. The molecule has 0 radical (unpaired) electrons. The fourth-order valence-electron chi connectivity index (χ4n) is 5.03. The van der Waals surface area contributed by atoms with E-state index in [0.29, 0.717) is 45.0 Å². The van der Waals surface area contributed by atoms with E-state index >= 15 is 0 Å². The minimum Gasteiger partial charge on any atom is -0.456 e. The molecule has 2 fully saturated rings. The normalized spacial score (nSPS) is 20.9. The van der Waals surface area contributed by atoms with Crippen LogP contribution in [0.3, 0.4) is 0 Å². The van der Waals surface area contributed by atoms with E-state index in [1.807, 2.05) is 6.07 Å². The number of piperidine rings is 1. The van der Waals surface area contributed by atoms with Crippen LogP contribution in [0.2, 0.25) is 5.02 Å². The second-order valence-corrected chi connectivity index (χ2v) is 9.44. The second kappa shape index (κ2) is 8.25. The quantitative estimate of drug-likeness (QED) is 0.368. The molecule has 12 heteroatoms. The average molecular weight is 502 g/mol. The third-order valence-electron chi connectivity index (χ3n) is 6.80. The molecule has 0 amide bonds. The van der Waals surface area contributed by atoms with Crippen LogP contribution in [0.5, 0.6) is 11.5 Å². The van der Waals surface area contributed by atoms with Crippen molar-refractivity contribution in [2.24, 2.45) is 5.92 Å². The summed E-state index contributed by atoms with van der Waals surface area (Å²) in [7, 11) is 0. The maximum Gasteiger partial charge on any atom is 0.226 e. The van der Waals surface area contributed by atoms with E-state index in [0.717, 1.165) is 25.1 Å². The Bertz CT molecular complexity index is 1610. The van der Waals surface area contributed by atoms with Crippen LogP contribution in [0.4, 0.5) is 17.5 Å². The second-order valence-electron chi connectivity index (χ2n) is 9.03. The number of halogens is 1. The maximum atomic E-state index is 10.1. The summed E-state index contributed by atoms with van der Waals surface area (Å²) >= 11 is 6.54. The Hall–Kier alpha value is -4.09. The van der Waals surface area contributed by atoms with Crippen LogP contribution in [0.1, 0.15) is 12.8 Å². The monoisotopic (exact) mass is 501 g/mol. The number of benzene rings is 1. The number of aromatic nitrogens is 7. The number of fused-ring (bicyclic) bond motifs is 4. The molecule has 0 unspecified atom stereocenters. The van der Waals surface area contributed by atoms with E-state index in [-0.39, 0.29) is 18.1 Å². The lowest BCUT2D eigenvalue weighted by molar-refractivity contribution is 0.126. The number of nitrogens with one attached hydrogen (secondary N) is 1. The van der Waals surface area contributed by atoms with E-state index in [9.17, 15) is 5.11 Å². The van der Waals surface area contributed by atoms with Gasteiger partial charge in [0.2, 0.25) is 5.95 Å². The van der Waals surface area contributed by atoms with E-state index in [1.165, 1.54) is 12.7 Å². The van der Waals surface area contributed by atoms with Crippen molar-refractivity contribution >= 4 is 45.7 Å². The molecule has 5 heterocycles. The molecule has 3 atom stereocenters. The number of pyridine rings is 1. The van der Waals surface area contributed by atoms with Gasteiger partial charge in [0.15, 0.2) is 11.5 Å². The Morgan fingerprint density at radius 1 is 1.06 bits per heavy atom. The van der Waals surface area contributed by atoms with Gasteiger partial charge in [-0.25, -0.2) is 29.4 Å². The fraction of sp³-hybridized carbons (Fsp3) is 0.250. The zero-order valence-electron chi connectivity index (χ0n) is 18.9. The van der Waals surface area contributed by atoms with Gasteiger partial charge in [-0.05, 0) is 37.1 Å². The predicted molar refractivity (Wildman–Crippen MR) is 133 cm³/mol. The third kappa shape index (κ3) is 3.64. The van der Waals surface area contributed by atoms with Gasteiger partial charge in [0.1, 0.15) is 35.2 Å². The number of ether oxygens (including phenoxy) is 1. The predicted octanol–water partition coefficient (Wildman–Crippen LogP) is 3.61. The summed E-state index contributed by atoms with van der Waals surface area (Å²) in [5.41, 5.74) is 2.65. The Morgan fingerprint density at radius 2 is 2.00 bits per heavy atom. The molecule has 7 rings (SSSR count). The summed E-state index contributed by atoms with van der Waals surface area (Å²) in [6.45, 7) is 0.759. The van der Waals surface area contributed by atoms with Gasteiger partial charge in [-0.2, -0.15) is 5.10 Å². The molecule has 11 nitrogen and oxygen atoms in total. The van der Waals surface area contributed by atoms with Crippen LogP contribution in [0.25, 0.3) is 16.7 Å². The van der Waals surface area contributed by atoms with Crippen LogP contribution in [0.15, 0.2) is 55.4 Å². The van der Waals surface area contributed by atoms with E-state index in [2.05, 4.69) is 35.3 Å². The van der Waals surface area contributed by atoms with Crippen LogP contribution >= 0.6 is 11.6 Å². The molecule has 5 aromatic rings. The number of aliphatic hydroxyl groups is 1. The number of nitrogens with zero attached hydrogens (tertiary/aromatic N) is 8. The van der Waals surface area contributed by atoms with E-state index in [4.69, 9.17) is 21.3 Å². The molecule has 180 valence electrons. The van der Waals surface area contributed by atoms with Crippen molar-refractivity contribution in [2.45, 2.75) is 25.0 Å². The Morgan fingerprint density at radius 3 is 2.83 bits per heavy atom. The molecule has 1 aliphatic carbocycles. The minimum atomic E-state index is -0.227. The number of hydrogen-bond donors (Lipinski definition) is 2. The van der Waals surface area contributed by atoms with Crippen LogP contribution in [-0.2, 0) is 0 Å². The lowest BCUT2D eigenvalue weighted by atomic mass is 10.1. The topological polar surface area (TPSA) is 126 Å². The first kappa shape index (κ1) is 21.2. The highest BCUT2D eigenvalue weighted by molar-refractivity contribution is 6.32. The first-order chi connectivity index (χ1) is 17.6. The average Bonchev–Trinajstić information content (AvgIpc) is 3.61. The van der Waals surface area contributed by atoms with Crippen molar-refractivity contribution in [3.63, 3.8) is 0 Å². The Labute approximate surface area is 209 Å². The van der Waals surface area contributed by atoms with Gasteiger partial charge in [-0.1, -0.05) is 11.6 Å². The van der Waals surface area contributed by atoms with Gasteiger partial charge >= 0.3 is 0 Å². The molecular formula is C24H20ClN9O2. The largest absolute Gasteiger partial charge is 0.456 e. The van der Waals surface area contributed by atoms with Gasteiger partial charge < -0.3 is 20.1 Å². The number of aliphatic hydroxyl groups excluding tert-OH is 1. The summed E-state index contributed by atoms with van der Waals surface area (Å²) in [6.07, 6.45) is 7.94. The van der Waals surface area contributed by atoms with Crippen molar-refractivity contribution in [1.82, 2.24) is 34.5 Å². The van der Waals surface area contributed by atoms with Crippen molar-refractivity contribution < 1.29 is 9.84 Å². The van der Waals surface area contributed by atoms with Gasteiger partial charge in [0, 0.05) is 36.5 Å². The fourth-order valence-corrected chi connectivity index (χ4v) is 5.25. The van der Waals surface area contributed by atoms with Crippen molar-refractivity contribution in [3.05, 3.63) is 60.4 Å². The van der Waals surface area contributed by atoms with Gasteiger partial charge in [-0.15, -0.1) is 0 Å². The first-order valence-corrected chi connectivity index (χ1v) is 11.9. The SMILES string of the molecule is O[C@@H]1C[C@@H]2C[C@H]1CN2c1ncc2ncnc(Nc3ccc(Oc4ccn5ncnc5c4)c(Cl)c3)c2n1. The van der Waals surface area contributed by atoms with Crippen LogP contribution < -0.4 is 15.0 Å². The van der Waals surface area contributed by atoms with Gasteiger partial charge in [-0.3, -0.25) is 0 Å². The maximum absolute atomic E-state index is 10.1. The summed E-state index contributed by atoms with van der Waals surface area (Å²) in [5.74, 6) is 2.57. The van der Waals surface area contributed by atoms with Crippen molar-refractivity contribution in [1.29, 1.82) is 0 Å². The molecule has 2 aliphatic rings. The Kier molecular flexibility index (Phi) is 4.86. The Balaban J connectivity index is 1.14. The molecule has 0 spiro atoms. The van der Waals surface area contributed by atoms with Crippen molar-refractivity contribution in [3.8, 4) is 11.5 Å². The summed E-state index contributed by atoms with van der Waals surface area (Å²) in [4.78, 5) is 24.4. The number of anilines is 3. The molecule has 4 aromatic heterocycles. The molecule has 36 heavy (non-hydrogen) atoms. The van der Waals surface area contributed by atoms with E-state index < -0.39 is 0 Å². The van der Waals surface area contributed by atoms with Gasteiger partial charge in [0.25, 0.3) is 0 Å². The summed E-state index contributed by atoms with van der Waals surface area (Å²) in [5, 5.41) is 17.9. The standard InChI is InChI=1S/C24H20ClN9O2/c25-17-6-14(1-2-20(17)36-16-3-4-34-21(8-16)28-12-30-34)31-23-22-18(27-11-29-23)9-26-24(32-22)33-10-13-5-15(33)7-19(13)35/h1-4,6,8-9,11-13,15,19,35H,5,7,10H2,(H,27,29,31)/t13-,15-,19+/m0/s1. The minimum absolute atomic E-state index is 0.227. The molecule has 1 saturated carbocycles. The molecule has 2 N–H and O–H groups in total. The third-order valence-corrected chi connectivity index (χ3v) is 7.10. The summed E-state index contributed by atoms with van der Waals surface area (Å²) in [6, 6.07) is 9.25. The molecule has 1 saturated heterocycles. The molecular weight excluding hydrogens is 482 g/mol. The zero-order valence-corrected chi connectivity index (χ0v) is 19.6.